The van der Waals surface area contributed by atoms with E-state index >= 15 is 0 Å². The fourth-order valence-corrected chi connectivity index (χ4v) is 3.13. The van der Waals surface area contributed by atoms with Crippen LogP contribution in [0.15, 0.2) is 84.0 Å². The number of para-hydroxylation sites is 1. The molecule has 4 nitrogen and oxygen atoms in total. The number of rotatable bonds is 4. The zero-order valence-corrected chi connectivity index (χ0v) is 14.9. The molecule has 132 valence electrons. The first kappa shape index (κ1) is 16.8. The third-order valence-electron chi connectivity index (χ3n) is 4.56. The van der Waals surface area contributed by atoms with Crippen LogP contribution in [0.25, 0.3) is 22.0 Å². The maximum atomic E-state index is 12.3. The van der Waals surface area contributed by atoms with E-state index in [0.717, 1.165) is 33.3 Å². The van der Waals surface area contributed by atoms with E-state index in [1.807, 2.05) is 85.8 Å². The second kappa shape index (κ2) is 7.30. The van der Waals surface area contributed by atoms with Crippen molar-refractivity contribution in [3.05, 3.63) is 95.7 Å². The van der Waals surface area contributed by atoms with Crippen molar-refractivity contribution in [3.8, 4) is 11.1 Å². The number of hydrogen-bond acceptors (Lipinski definition) is 2. The van der Waals surface area contributed by atoms with Crippen molar-refractivity contribution in [1.29, 1.82) is 0 Å². The standard InChI is InChI=1S/C23H19N3O/c1-16-21(20-9-5-6-10-22(20)25-16)15-24-26-23(27)19-13-11-18(12-14-19)17-7-3-2-4-8-17/h2-15,25H,1H3,(H,26,27). The molecule has 4 aromatic rings. The number of aryl methyl sites for hydroxylation is 1. The molecule has 1 amide bonds. The van der Waals surface area contributed by atoms with E-state index in [0.29, 0.717) is 5.56 Å². The monoisotopic (exact) mass is 353 g/mol. The molecule has 0 radical (unpaired) electrons. The van der Waals surface area contributed by atoms with Gasteiger partial charge in [-0.05, 0) is 36.2 Å². The minimum absolute atomic E-state index is 0.233. The summed E-state index contributed by atoms with van der Waals surface area (Å²) in [4.78, 5) is 15.7. The van der Waals surface area contributed by atoms with Gasteiger partial charge in [0.15, 0.2) is 0 Å². The molecule has 4 heteroatoms. The topological polar surface area (TPSA) is 57.2 Å². The van der Waals surface area contributed by atoms with Crippen LogP contribution in [0.5, 0.6) is 0 Å². The number of carbonyl (C=O) groups excluding carboxylic acids is 1. The Balaban J connectivity index is 1.47. The van der Waals surface area contributed by atoms with E-state index in [2.05, 4.69) is 15.5 Å². The number of amides is 1. The van der Waals surface area contributed by atoms with Crippen molar-refractivity contribution < 1.29 is 4.79 Å². The van der Waals surface area contributed by atoms with E-state index in [4.69, 9.17) is 0 Å². The van der Waals surface area contributed by atoms with Crippen LogP contribution in [0.4, 0.5) is 0 Å². The minimum Gasteiger partial charge on any atom is -0.358 e. The van der Waals surface area contributed by atoms with Gasteiger partial charge in [0.1, 0.15) is 0 Å². The SMILES string of the molecule is Cc1[nH]c2ccccc2c1C=NNC(=O)c1ccc(-c2ccccc2)cc1. The molecule has 4 rings (SSSR count). The van der Waals surface area contributed by atoms with Gasteiger partial charge < -0.3 is 4.98 Å². The van der Waals surface area contributed by atoms with Crippen LogP contribution in [0, 0.1) is 6.92 Å². The summed E-state index contributed by atoms with van der Waals surface area (Å²) >= 11 is 0. The van der Waals surface area contributed by atoms with Crippen LogP contribution in [0.1, 0.15) is 21.6 Å². The second-order valence-corrected chi connectivity index (χ2v) is 6.35. The maximum absolute atomic E-state index is 12.3. The second-order valence-electron chi connectivity index (χ2n) is 6.35. The molecule has 0 saturated heterocycles. The number of fused-ring (bicyclic) bond motifs is 1. The van der Waals surface area contributed by atoms with Crippen LogP contribution in [-0.2, 0) is 0 Å². The summed E-state index contributed by atoms with van der Waals surface area (Å²) in [5.41, 5.74) is 8.42. The Morgan fingerprint density at radius 3 is 2.33 bits per heavy atom. The largest absolute Gasteiger partial charge is 0.358 e. The highest BCUT2D eigenvalue weighted by molar-refractivity contribution is 6.01. The summed E-state index contributed by atoms with van der Waals surface area (Å²) in [7, 11) is 0. The molecule has 27 heavy (non-hydrogen) atoms. The number of aromatic nitrogens is 1. The lowest BCUT2D eigenvalue weighted by atomic mass is 10.0. The molecule has 0 unspecified atom stereocenters. The van der Waals surface area contributed by atoms with Crippen LogP contribution < -0.4 is 5.43 Å². The number of nitrogens with one attached hydrogen (secondary N) is 2. The molecular formula is C23H19N3O. The first-order chi connectivity index (χ1) is 13.2. The average Bonchev–Trinajstić information content (AvgIpc) is 3.04. The summed E-state index contributed by atoms with van der Waals surface area (Å²) < 4.78 is 0. The van der Waals surface area contributed by atoms with E-state index in [-0.39, 0.29) is 5.91 Å². The van der Waals surface area contributed by atoms with Gasteiger partial charge in [-0.1, -0.05) is 60.7 Å². The quantitative estimate of drug-likeness (QED) is 0.398. The number of hydrogen-bond donors (Lipinski definition) is 2. The Hall–Kier alpha value is -3.66. The predicted molar refractivity (Wildman–Crippen MR) is 110 cm³/mol. The fourth-order valence-electron chi connectivity index (χ4n) is 3.13. The minimum atomic E-state index is -0.233. The van der Waals surface area contributed by atoms with Crippen molar-refractivity contribution in [2.75, 3.05) is 0 Å². The lowest BCUT2D eigenvalue weighted by Gasteiger charge is -2.03. The predicted octanol–water partition coefficient (Wildman–Crippen LogP) is 4.91. The first-order valence-electron chi connectivity index (χ1n) is 8.78. The molecule has 1 aromatic heterocycles. The van der Waals surface area contributed by atoms with Gasteiger partial charge in [0.25, 0.3) is 5.91 Å². The van der Waals surface area contributed by atoms with Gasteiger partial charge in [-0.2, -0.15) is 5.10 Å². The van der Waals surface area contributed by atoms with Crippen LogP contribution in [0.3, 0.4) is 0 Å². The van der Waals surface area contributed by atoms with Gasteiger partial charge in [0, 0.05) is 27.7 Å². The maximum Gasteiger partial charge on any atom is 0.271 e. The van der Waals surface area contributed by atoms with E-state index in [9.17, 15) is 4.79 Å². The number of hydrazone groups is 1. The van der Waals surface area contributed by atoms with Crippen LogP contribution >= 0.6 is 0 Å². The van der Waals surface area contributed by atoms with Gasteiger partial charge >= 0.3 is 0 Å². The Kier molecular flexibility index (Phi) is 4.54. The number of carbonyl (C=O) groups is 1. The number of aromatic amines is 1. The van der Waals surface area contributed by atoms with Gasteiger partial charge in [0.2, 0.25) is 0 Å². The zero-order chi connectivity index (χ0) is 18.6. The lowest BCUT2D eigenvalue weighted by Crippen LogP contribution is -2.17. The van der Waals surface area contributed by atoms with Crippen LogP contribution in [0.2, 0.25) is 0 Å². The van der Waals surface area contributed by atoms with Crippen LogP contribution in [-0.4, -0.2) is 17.1 Å². The smallest absolute Gasteiger partial charge is 0.271 e. The molecule has 0 saturated carbocycles. The van der Waals surface area contributed by atoms with E-state index in [1.165, 1.54) is 0 Å². The summed E-state index contributed by atoms with van der Waals surface area (Å²) in [5.74, 6) is -0.233. The molecule has 0 bridgehead atoms. The highest BCUT2D eigenvalue weighted by Gasteiger charge is 2.07. The number of nitrogens with zero attached hydrogens (tertiary/aromatic N) is 1. The third-order valence-corrected chi connectivity index (χ3v) is 4.56. The Bertz CT molecular complexity index is 1110. The Morgan fingerprint density at radius 2 is 1.56 bits per heavy atom. The van der Waals surface area contributed by atoms with Gasteiger partial charge in [-0.15, -0.1) is 0 Å². The third kappa shape index (κ3) is 3.51. The summed E-state index contributed by atoms with van der Waals surface area (Å²) in [5, 5.41) is 5.22. The van der Waals surface area contributed by atoms with Crippen molar-refractivity contribution in [2.24, 2.45) is 5.10 Å². The Morgan fingerprint density at radius 1 is 0.889 bits per heavy atom. The number of H-pyrrole nitrogens is 1. The molecular weight excluding hydrogens is 334 g/mol. The highest BCUT2D eigenvalue weighted by Crippen LogP contribution is 2.20. The molecule has 3 aromatic carbocycles. The van der Waals surface area contributed by atoms with Crippen molar-refractivity contribution in [2.45, 2.75) is 6.92 Å². The van der Waals surface area contributed by atoms with Gasteiger partial charge in [-0.25, -0.2) is 5.43 Å². The Labute approximate surface area is 157 Å². The molecule has 0 aliphatic rings. The van der Waals surface area contributed by atoms with E-state index < -0.39 is 0 Å². The molecule has 0 fully saturated rings. The van der Waals surface area contributed by atoms with Crippen molar-refractivity contribution >= 4 is 23.0 Å². The van der Waals surface area contributed by atoms with Gasteiger partial charge in [-0.3, -0.25) is 4.79 Å². The van der Waals surface area contributed by atoms with E-state index in [1.54, 1.807) is 6.21 Å². The molecule has 2 N–H and O–H groups in total. The summed E-state index contributed by atoms with van der Waals surface area (Å²) in [6, 6.07) is 25.6. The summed E-state index contributed by atoms with van der Waals surface area (Å²) in [6.45, 7) is 1.99. The normalized spacial score (nSPS) is 11.1. The molecule has 0 spiro atoms. The van der Waals surface area contributed by atoms with Crippen molar-refractivity contribution in [1.82, 2.24) is 10.4 Å². The highest BCUT2D eigenvalue weighted by atomic mass is 16.2. The average molecular weight is 353 g/mol. The fraction of sp³-hybridized carbons (Fsp3) is 0.0435. The number of benzene rings is 3. The zero-order valence-electron chi connectivity index (χ0n) is 14.9. The molecule has 0 aliphatic heterocycles. The van der Waals surface area contributed by atoms with Gasteiger partial charge in [0.05, 0.1) is 6.21 Å². The molecule has 1 heterocycles. The molecule has 0 aliphatic carbocycles. The molecule has 0 atom stereocenters. The van der Waals surface area contributed by atoms with Crippen molar-refractivity contribution in [3.63, 3.8) is 0 Å². The summed E-state index contributed by atoms with van der Waals surface area (Å²) in [6.07, 6.45) is 1.68. The lowest BCUT2D eigenvalue weighted by molar-refractivity contribution is 0.0955. The first-order valence-corrected chi connectivity index (χ1v) is 8.78.